The Hall–Kier alpha value is -3.89. The van der Waals surface area contributed by atoms with Crippen molar-refractivity contribution in [2.45, 2.75) is 33.0 Å². The molecular formula is C27H31F3N6O. The lowest BCUT2D eigenvalue weighted by Gasteiger charge is -2.20. The number of hydrogen-bond donors (Lipinski definition) is 3. The number of hydrogen-bond acceptors (Lipinski definition) is 6. The number of nitrogens with one attached hydrogen (secondary N) is 1. The number of rotatable bonds is 8. The maximum absolute atomic E-state index is 13.7. The second kappa shape index (κ2) is 11.9. The van der Waals surface area contributed by atoms with Crippen LogP contribution in [0.2, 0.25) is 0 Å². The molecule has 3 rings (SSSR count). The molecule has 2 aromatic rings. The minimum atomic E-state index is -4.55. The van der Waals surface area contributed by atoms with E-state index in [1.54, 1.807) is 42.6 Å². The molecule has 0 spiro atoms. The summed E-state index contributed by atoms with van der Waals surface area (Å²) >= 11 is 0. The van der Waals surface area contributed by atoms with Crippen molar-refractivity contribution in [2.75, 3.05) is 23.9 Å². The fraction of sp³-hybridized carbons (Fsp3) is 0.259. The van der Waals surface area contributed by atoms with Gasteiger partial charge < -0.3 is 16.0 Å². The summed E-state index contributed by atoms with van der Waals surface area (Å²) in [6.07, 6.45) is 4.78. The molecule has 0 aromatic heterocycles. The molecule has 7 nitrogen and oxygen atoms in total. The lowest BCUT2D eigenvalue weighted by atomic mass is 10.0. The van der Waals surface area contributed by atoms with Gasteiger partial charge in [-0.05, 0) is 55.9 Å². The van der Waals surface area contributed by atoms with E-state index < -0.39 is 17.6 Å². The van der Waals surface area contributed by atoms with E-state index in [9.17, 15) is 18.0 Å². The zero-order chi connectivity index (χ0) is 27.2. The van der Waals surface area contributed by atoms with Crippen molar-refractivity contribution in [1.29, 1.82) is 0 Å². The number of allylic oxidation sites excluding steroid dienone is 2. The highest BCUT2D eigenvalue weighted by Crippen LogP contribution is 2.34. The number of alkyl halides is 3. The zero-order valence-electron chi connectivity index (χ0n) is 21.0. The van der Waals surface area contributed by atoms with Gasteiger partial charge in [0, 0.05) is 48.4 Å². The van der Waals surface area contributed by atoms with Crippen molar-refractivity contribution in [1.82, 2.24) is 4.90 Å². The van der Waals surface area contributed by atoms with Gasteiger partial charge >= 0.3 is 6.18 Å². The minimum Gasteiger partial charge on any atom is -0.397 e. The van der Waals surface area contributed by atoms with Crippen LogP contribution in [0, 0.1) is 6.92 Å². The Bertz CT molecular complexity index is 1260. The van der Waals surface area contributed by atoms with E-state index in [4.69, 9.17) is 11.6 Å². The lowest BCUT2D eigenvalue weighted by Crippen LogP contribution is -2.27. The molecule has 0 fully saturated rings. The second-order valence-corrected chi connectivity index (χ2v) is 8.70. The van der Waals surface area contributed by atoms with Gasteiger partial charge in [0.25, 0.3) is 5.91 Å². The molecule has 1 amide bonds. The first-order chi connectivity index (χ1) is 17.5. The molecule has 0 radical (unpaired) electrons. The van der Waals surface area contributed by atoms with Gasteiger partial charge in [-0.15, -0.1) is 0 Å². The van der Waals surface area contributed by atoms with E-state index in [2.05, 4.69) is 10.3 Å². The number of aryl methyl sites for hydroxylation is 1. The molecule has 0 bridgehead atoms. The van der Waals surface area contributed by atoms with Crippen LogP contribution in [0.5, 0.6) is 0 Å². The smallest absolute Gasteiger partial charge is 0.397 e. The molecule has 37 heavy (non-hydrogen) atoms. The average molecular weight is 513 g/mol. The number of nitrogens with two attached hydrogens (primary N) is 2. The van der Waals surface area contributed by atoms with E-state index in [-0.39, 0.29) is 23.4 Å². The number of amides is 1. The molecule has 0 saturated heterocycles. The van der Waals surface area contributed by atoms with Crippen LogP contribution in [0.1, 0.15) is 40.4 Å². The fourth-order valence-corrected chi connectivity index (χ4v) is 3.65. The molecule has 0 atom stereocenters. The summed E-state index contributed by atoms with van der Waals surface area (Å²) in [4.78, 5) is 18.9. The topological polar surface area (TPSA) is 100.0 Å². The van der Waals surface area contributed by atoms with Crippen LogP contribution in [0.4, 0.5) is 24.5 Å². The van der Waals surface area contributed by atoms with Crippen LogP contribution in [0.3, 0.4) is 0 Å². The molecule has 1 heterocycles. The molecule has 0 saturated carbocycles. The van der Waals surface area contributed by atoms with Gasteiger partial charge in [-0.25, -0.2) is 5.84 Å². The summed E-state index contributed by atoms with van der Waals surface area (Å²) in [6, 6.07) is 8.65. The number of anilines is 2. The summed E-state index contributed by atoms with van der Waals surface area (Å²) in [5, 5.41) is 3.86. The van der Waals surface area contributed by atoms with Gasteiger partial charge in [0.2, 0.25) is 0 Å². The van der Waals surface area contributed by atoms with Crippen molar-refractivity contribution in [3.63, 3.8) is 0 Å². The lowest BCUT2D eigenvalue weighted by molar-refractivity contribution is -0.138. The number of hydrazine groups is 1. The SMILES string of the molecule is CCN(C)Cc1ccc(NC(=O)c2ccc(C)c(N(N)/C=C(\N)C3=CN=CCC=C3)c2)cc1C(F)(F)F. The molecule has 1 aliphatic rings. The van der Waals surface area contributed by atoms with Crippen LogP contribution in [0.25, 0.3) is 0 Å². The summed E-state index contributed by atoms with van der Waals surface area (Å²) in [5.41, 5.74) is 8.15. The standard InChI is InChI=1S/C27H31F3N6O/c1-4-35(3)16-21-10-11-22(14-23(21)27(28,29)30)34-26(37)19-9-8-18(2)25(13-19)36(32)17-24(31)20-7-5-6-12-33-15-20/h5,7-15,17H,4,6,16,31-32H2,1-3H3,(H,34,37)/b24-17-. The Labute approximate surface area is 214 Å². The quantitative estimate of drug-likeness (QED) is 0.337. The van der Waals surface area contributed by atoms with E-state index in [0.717, 1.165) is 11.6 Å². The van der Waals surface area contributed by atoms with E-state index in [1.807, 2.05) is 26.0 Å². The predicted octanol–water partition coefficient (Wildman–Crippen LogP) is 5.11. The summed E-state index contributed by atoms with van der Waals surface area (Å²) in [6.45, 7) is 4.43. The average Bonchev–Trinajstić information content (AvgIpc) is 3.14. The highest BCUT2D eigenvalue weighted by atomic mass is 19.4. The van der Waals surface area contributed by atoms with Crippen molar-refractivity contribution in [3.8, 4) is 0 Å². The van der Waals surface area contributed by atoms with Crippen molar-refractivity contribution >= 4 is 23.5 Å². The molecule has 196 valence electrons. The van der Waals surface area contributed by atoms with Crippen LogP contribution in [-0.4, -0.2) is 30.6 Å². The minimum absolute atomic E-state index is 0.0451. The van der Waals surface area contributed by atoms with Gasteiger partial charge in [0.15, 0.2) is 0 Å². The Morgan fingerprint density at radius 3 is 2.68 bits per heavy atom. The largest absolute Gasteiger partial charge is 0.416 e. The third-order valence-electron chi connectivity index (χ3n) is 5.87. The zero-order valence-corrected chi connectivity index (χ0v) is 21.0. The Balaban J connectivity index is 1.84. The molecule has 1 aliphatic heterocycles. The van der Waals surface area contributed by atoms with Gasteiger partial charge in [-0.1, -0.05) is 31.2 Å². The monoisotopic (exact) mass is 512 g/mol. The van der Waals surface area contributed by atoms with Crippen LogP contribution < -0.4 is 21.9 Å². The molecule has 0 unspecified atom stereocenters. The molecular weight excluding hydrogens is 481 g/mol. The van der Waals surface area contributed by atoms with Crippen LogP contribution in [-0.2, 0) is 12.7 Å². The number of nitrogens with zero attached hydrogens (tertiary/aromatic N) is 3. The highest BCUT2D eigenvalue weighted by molar-refractivity contribution is 6.05. The number of benzene rings is 2. The molecule has 10 heteroatoms. The summed E-state index contributed by atoms with van der Waals surface area (Å²) < 4.78 is 41.1. The highest BCUT2D eigenvalue weighted by Gasteiger charge is 2.34. The number of carbonyl (C=O) groups is 1. The predicted molar refractivity (Wildman–Crippen MR) is 142 cm³/mol. The van der Waals surface area contributed by atoms with Crippen molar-refractivity contribution < 1.29 is 18.0 Å². The third kappa shape index (κ3) is 7.31. The third-order valence-corrected chi connectivity index (χ3v) is 5.87. The second-order valence-electron chi connectivity index (χ2n) is 8.70. The van der Waals surface area contributed by atoms with Gasteiger partial charge in [-0.2, -0.15) is 13.2 Å². The van der Waals surface area contributed by atoms with E-state index in [0.29, 0.717) is 29.9 Å². The van der Waals surface area contributed by atoms with Gasteiger partial charge in [-0.3, -0.25) is 14.8 Å². The molecule has 5 N–H and O–H groups in total. The van der Waals surface area contributed by atoms with Crippen molar-refractivity contribution in [3.05, 3.63) is 94.5 Å². The Morgan fingerprint density at radius 1 is 1.22 bits per heavy atom. The summed E-state index contributed by atoms with van der Waals surface area (Å²) in [5.74, 6) is 5.66. The molecule has 2 aromatic carbocycles. The number of carbonyl (C=O) groups excluding carboxylic acids is 1. The first kappa shape index (κ1) is 27.7. The van der Waals surface area contributed by atoms with E-state index >= 15 is 0 Å². The van der Waals surface area contributed by atoms with Gasteiger partial charge in [0.1, 0.15) is 0 Å². The summed E-state index contributed by atoms with van der Waals surface area (Å²) in [7, 11) is 1.74. The maximum Gasteiger partial charge on any atom is 0.416 e. The first-order valence-corrected chi connectivity index (χ1v) is 11.7. The van der Waals surface area contributed by atoms with E-state index in [1.165, 1.54) is 23.3 Å². The number of halogens is 3. The maximum atomic E-state index is 13.7. The number of aliphatic imine (C=N–C) groups is 1. The normalized spacial score (nSPS) is 13.9. The fourth-order valence-electron chi connectivity index (χ4n) is 3.65. The van der Waals surface area contributed by atoms with Gasteiger partial charge in [0.05, 0.1) is 16.9 Å². The van der Waals surface area contributed by atoms with Crippen LogP contribution in [0.15, 0.2) is 77.2 Å². The van der Waals surface area contributed by atoms with Crippen LogP contribution >= 0.6 is 0 Å². The Morgan fingerprint density at radius 2 is 1.97 bits per heavy atom. The van der Waals surface area contributed by atoms with Crippen molar-refractivity contribution in [2.24, 2.45) is 16.6 Å². The first-order valence-electron chi connectivity index (χ1n) is 11.7. The molecule has 0 aliphatic carbocycles. The Kier molecular flexibility index (Phi) is 8.90.